The number of para-hydroxylation sites is 1. The fraction of sp³-hybridized carbons (Fsp3) is 0.200. The average Bonchev–Trinajstić information content (AvgIpc) is 2.48. The van der Waals surface area contributed by atoms with Crippen molar-refractivity contribution in [3.8, 4) is 11.5 Å². The first-order valence-electron chi connectivity index (χ1n) is 6.24. The molecule has 2 rings (SSSR count). The van der Waals surface area contributed by atoms with E-state index >= 15 is 0 Å². The van der Waals surface area contributed by atoms with Gasteiger partial charge in [-0.1, -0.05) is 23.7 Å². The zero-order valence-corrected chi connectivity index (χ0v) is 11.5. The van der Waals surface area contributed by atoms with Gasteiger partial charge in [0.05, 0.1) is 17.7 Å². The maximum atomic E-state index is 9.25. The van der Waals surface area contributed by atoms with Crippen LogP contribution in [0.3, 0.4) is 0 Å². The lowest BCUT2D eigenvalue weighted by atomic mass is 10.3. The quantitative estimate of drug-likeness (QED) is 0.766. The Labute approximate surface area is 122 Å². The highest BCUT2D eigenvalue weighted by Gasteiger charge is 2.03. The van der Waals surface area contributed by atoms with E-state index in [4.69, 9.17) is 21.4 Å². The Kier molecular flexibility index (Phi) is 5.24. The molecule has 0 aromatic heterocycles. The summed E-state index contributed by atoms with van der Waals surface area (Å²) in [5, 5.41) is 21.5. The van der Waals surface area contributed by atoms with E-state index in [1.165, 1.54) is 0 Å². The van der Waals surface area contributed by atoms with Crippen molar-refractivity contribution < 1.29 is 14.9 Å². The summed E-state index contributed by atoms with van der Waals surface area (Å²) in [6.07, 6.45) is -0.769. The van der Waals surface area contributed by atoms with Crippen LogP contribution in [0, 0.1) is 0 Å². The smallest absolute Gasteiger partial charge is 0.146 e. The Bertz CT molecular complexity index is 545. The molecule has 2 aromatic rings. The summed E-state index contributed by atoms with van der Waals surface area (Å²) in [6.45, 7) is 0.0297. The summed E-state index contributed by atoms with van der Waals surface area (Å²) in [6, 6.07) is 14.5. The van der Waals surface area contributed by atoms with Crippen molar-refractivity contribution in [3.63, 3.8) is 0 Å². The highest BCUT2D eigenvalue weighted by atomic mass is 35.5. The van der Waals surface area contributed by atoms with Crippen LogP contribution in [0.4, 0.5) is 5.69 Å². The van der Waals surface area contributed by atoms with E-state index in [1.807, 2.05) is 24.3 Å². The lowest BCUT2D eigenvalue weighted by Gasteiger charge is -2.11. The largest absolute Gasteiger partial charge is 0.456 e. The number of aliphatic hydroxyl groups excluding tert-OH is 2. The zero-order valence-electron chi connectivity index (χ0n) is 10.8. The van der Waals surface area contributed by atoms with Crippen molar-refractivity contribution in [3.05, 3.63) is 53.6 Å². The maximum absolute atomic E-state index is 9.25. The molecule has 20 heavy (non-hydrogen) atoms. The van der Waals surface area contributed by atoms with Gasteiger partial charge in [-0.3, -0.25) is 0 Å². The Morgan fingerprint density at radius 3 is 2.45 bits per heavy atom. The van der Waals surface area contributed by atoms with E-state index < -0.39 is 6.10 Å². The van der Waals surface area contributed by atoms with Crippen LogP contribution < -0.4 is 10.1 Å². The van der Waals surface area contributed by atoms with Crippen LogP contribution in [0.2, 0.25) is 5.02 Å². The second-order valence-electron chi connectivity index (χ2n) is 4.27. The molecule has 0 aliphatic heterocycles. The van der Waals surface area contributed by atoms with Crippen LogP contribution in [-0.2, 0) is 0 Å². The maximum Gasteiger partial charge on any atom is 0.146 e. The Balaban J connectivity index is 1.96. The molecule has 0 heterocycles. The van der Waals surface area contributed by atoms with E-state index in [1.54, 1.807) is 24.3 Å². The molecule has 0 saturated heterocycles. The van der Waals surface area contributed by atoms with Gasteiger partial charge in [-0.25, -0.2) is 0 Å². The highest BCUT2D eigenvalue weighted by Crippen LogP contribution is 2.29. The first kappa shape index (κ1) is 14.7. The number of nitrogens with one attached hydrogen (secondary N) is 1. The SMILES string of the molecule is OCC(O)CNc1ccc(Oc2ccccc2Cl)cc1. The molecule has 0 saturated carbocycles. The summed E-state index contributed by atoms with van der Waals surface area (Å²) >= 11 is 6.02. The number of hydrogen-bond donors (Lipinski definition) is 3. The third-order valence-corrected chi connectivity index (χ3v) is 2.98. The highest BCUT2D eigenvalue weighted by molar-refractivity contribution is 6.32. The topological polar surface area (TPSA) is 61.7 Å². The molecule has 0 aliphatic rings. The van der Waals surface area contributed by atoms with Crippen molar-refractivity contribution >= 4 is 17.3 Å². The standard InChI is InChI=1S/C15H16ClNO3/c16-14-3-1-2-4-15(14)20-13-7-5-11(6-8-13)17-9-12(19)10-18/h1-8,12,17-19H,9-10H2. The second-order valence-corrected chi connectivity index (χ2v) is 4.68. The van der Waals surface area contributed by atoms with Gasteiger partial charge < -0.3 is 20.3 Å². The second kappa shape index (κ2) is 7.14. The van der Waals surface area contributed by atoms with E-state index in [0.717, 1.165) is 5.69 Å². The molecule has 2 aromatic carbocycles. The summed E-state index contributed by atoms with van der Waals surface area (Å²) in [5.74, 6) is 1.27. The van der Waals surface area contributed by atoms with Crippen LogP contribution >= 0.6 is 11.6 Å². The summed E-state index contributed by atoms with van der Waals surface area (Å²) < 4.78 is 5.66. The summed E-state index contributed by atoms with van der Waals surface area (Å²) in [5.41, 5.74) is 0.837. The van der Waals surface area contributed by atoms with Gasteiger partial charge in [0.25, 0.3) is 0 Å². The van der Waals surface area contributed by atoms with Gasteiger partial charge >= 0.3 is 0 Å². The van der Waals surface area contributed by atoms with Crippen LogP contribution in [0.5, 0.6) is 11.5 Å². The third-order valence-electron chi connectivity index (χ3n) is 2.67. The molecule has 5 heteroatoms. The molecule has 0 radical (unpaired) electrons. The van der Waals surface area contributed by atoms with Crippen molar-refractivity contribution in [1.82, 2.24) is 0 Å². The number of hydrogen-bond acceptors (Lipinski definition) is 4. The van der Waals surface area contributed by atoms with Crippen LogP contribution in [-0.4, -0.2) is 29.5 Å². The summed E-state index contributed by atoms with van der Waals surface area (Å²) in [7, 11) is 0. The van der Waals surface area contributed by atoms with E-state index in [0.29, 0.717) is 23.1 Å². The van der Waals surface area contributed by atoms with Gasteiger partial charge in [0.15, 0.2) is 0 Å². The number of benzene rings is 2. The summed E-state index contributed by atoms with van der Waals surface area (Å²) in [4.78, 5) is 0. The number of anilines is 1. The van der Waals surface area contributed by atoms with Gasteiger partial charge in [-0.2, -0.15) is 0 Å². The number of ether oxygens (including phenoxy) is 1. The molecule has 4 nitrogen and oxygen atoms in total. The molecule has 3 N–H and O–H groups in total. The third kappa shape index (κ3) is 4.13. The lowest BCUT2D eigenvalue weighted by Crippen LogP contribution is -2.22. The van der Waals surface area contributed by atoms with Crippen molar-refractivity contribution in [2.45, 2.75) is 6.10 Å². The van der Waals surface area contributed by atoms with Gasteiger partial charge in [0.1, 0.15) is 11.5 Å². The first-order chi connectivity index (χ1) is 9.69. The van der Waals surface area contributed by atoms with Gasteiger partial charge in [-0.15, -0.1) is 0 Å². The monoisotopic (exact) mass is 293 g/mol. The minimum atomic E-state index is -0.769. The fourth-order valence-electron chi connectivity index (χ4n) is 1.60. The molecular formula is C15H16ClNO3. The molecule has 0 bridgehead atoms. The minimum absolute atomic E-state index is 0.263. The van der Waals surface area contributed by atoms with Crippen molar-refractivity contribution in [1.29, 1.82) is 0 Å². The Morgan fingerprint density at radius 1 is 1.10 bits per heavy atom. The van der Waals surface area contributed by atoms with Crippen LogP contribution in [0.25, 0.3) is 0 Å². The molecule has 1 unspecified atom stereocenters. The Morgan fingerprint density at radius 2 is 1.80 bits per heavy atom. The van der Waals surface area contributed by atoms with E-state index in [9.17, 15) is 5.11 Å². The molecule has 0 spiro atoms. The van der Waals surface area contributed by atoms with Crippen LogP contribution in [0.15, 0.2) is 48.5 Å². The number of halogens is 1. The molecule has 1 atom stereocenters. The predicted octanol–water partition coefficient (Wildman–Crippen LogP) is 2.90. The Hall–Kier alpha value is -1.75. The molecule has 0 fully saturated rings. The van der Waals surface area contributed by atoms with Crippen LogP contribution in [0.1, 0.15) is 0 Å². The molecule has 0 amide bonds. The normalized spacial score (nSPS) is 11.9. The van der Waals surface area contributed by atoms with E-state index in [2.05, 4.69) is 5.32 Å². The van der Waals surface area contributed by atoms with Gasteiger partial charge in [0.2, 0.25) is 0 Å². The fourth-order valence-corrected chi connectivity index (χ4v) is 1.77. The lowest BCUT2D eigenvalue weighted by molar-refractivity contribution is 0.105. The van der Waals surface area contributed by atoms with Crippen molar-refractivity contribution in [2.24, 2.45) is 0 Å². The van der Waals surface area contributed by atoms with E-state index in [-0.39, 0.29) is 6.61 Å². The number of rotatable bonds is 6. The molecular weight excluding hydrogens is 278 g/mol. The zero-order chi connectivity index (χ0) is 14.4. The first-order valence-corrected chi connectivity index (χ1v) is 6.62. The average molecular weight is 294 g/mol. The molecule has 106 valence electrons. The molecule has 0 aliphatic carbocycles. The van der Waals surface area contributed by atoms with Gasteiger partial charge in [0, 0.05) is 12.2 Å². The van der Waals surface area contributed by atoms with Gasteiger partial charge in [-0.05, 0) is 36.4 Å². The minimum Gasteiger partial charge on any atom is -0.456 e. The predicted molar refractivity (Wildman–Crippen MR) is 79.6 cm³/mol. The van der Waals surface area contributed by atoms with Crippen molar-refractivity contribution in [2.75, 3.05) is 18.5 Å². The number of aliphatic hydroxyl groups is 2.